The predicted molar refractivity (Wildman–Crippen MR) is 239 cm³/mol. The van der Waals surface area contributed by atoms with Crippen LogP contribution in [-0.4, -0.2) is 4.57 Å². The first-order valence-corrected chi connectivity index (χ1v) is 19.3. The van der Waals surface area contributed by atoms with Crippen LogP contribution in [0.1, 0.15) is 0 Å². The van der Waals surface area contributed by atoms with Gasteiger partial charge in [0.15, 0.2) is 0 Å². The summed E-state index contributed by atoms with van der Waals surface area (Å²) in [6, 6.07) is 79.7. The minimum absolute atomic E-state index is 1.09. The van der Waals surface area contributed by atoms with Crippen LogP contribution in [0.3, 0.4) is 0 Å². The van der Waals surface area contributed by atoms with Crippen LogP contribution in [0, 0.1) is 0 Å². The van der Waals surface area contributed by atoms with Crippen LogP contribution in [0.15, 0.2) is 218 Å². The lowest BCUT2D eigenvalue weighted by Crippen LogP contribution is -2.12. The Kier molecular flexibility index (Phi) is 7.53. The lowest BCUT2D eigenvalue weighted by atomic mass is 9.92. The SMILES string of the molecule is c1ccc2c(-c3ccc(-c4cccc5ccccc45)c(N(c4ccc(-n5c6ccccc6c6ccccc65)cc4)c4cccc5ccccc45)c3)cccc2c1. The smallest absolute Gasteiger partial charge is 0.0546 e. The van der Waals surface area contributed by atoms with Crippen molar-refractivity contribution in [2.45, 2.75) is 0 Å². The third-order valence-corrected chi connectivity index (χ3v) is 11.4. The molecule has 0 atom stereocenters. The highest BCUT2D eigenvalue weighted by molar-refractivity contribution is 6.10. The number of hydrogen-bond acceptors (Lipinski definition) is 1. The molecule has 0 spiro atoms. The first-order valence-electron chi connectivity index (χ1n) is 19.3. The second-order valence-electron chi connectivity index (χ2n) is 14.5. The molecule has 0 amide bonds. The van der Waals surface area contributed by atoms with Gasteiger partial charge < -0.3 is 9.47 Å². The molecule has 0 aliphatic rings. The van der Waals surface area contributed by atoms with Crippen molar-refractivity contribution in [3.63, 3.8) is 0 Å². The van der Waals surface area contributed by atoms with Crippen LogP contribution < -0.4 is 4.90 Å². The van der Waals surface area contributed by atoms with Gasteiger partial charge in [0.25, 0.3) is 0 Å². The summed E-state index contributed by atoms with van der Waals surface area (Å²) in [5.41, 5.74) is 11.6. The van der Waals surface area contributed by atoms with Crippen molar-refractivity contribution in [2.24, 2.45) is 0 Å². The van der Waals surface area contributed by atoms with E-state index in [-0.39, 0.29) is 0 Å². The molecule has 0 aliphatic carbocycles. The Bertz CT molecular complexity index is 3190. The average Bonchev–Trinajstić information content (AvgIpc) is 3.61. The van der Waals surface area contributed by atoms with Gasteiger partial charge in [0.2, 0.25) is 0 Å². The fourth-order valence-electron chi connectivity index (χ4n) is 8.81. The van der Waals surface area contributed by atoms with E-state index in [0.29, 0.717) is 0 Å². The lowest BCUT2D eigenvalue weighted by molar-refractivity contribution is 1.17. The van der Waals surface area contributed by atoms with Crippen molar-refractivity contribution in [3.05, 3.63) is 218 Å². The van der Waals surface area contributed by atoms with Crippen LogP contribution >= 0.6 is 0 Å². The Hall–Kier alpha value is -7.42. The second kappa shape index (κ2) is 13.2. The summed E-state index contributed by atoms with van der Waals surface area (Å²) in [6.45, 7) is 0. The highest BCUT2D eigenvalue weighted by Crippen LogP contribution is 2.47. The van der Waals surface area contributed by atoms with Gasteiger partial charge in [-0.2, -0.15) is 0 Å². The third kappa shape index (κ3) is 5.19. The molecule has 0 saturated heterocycles. The molecule has 1 aromatic heterocycles. The maximum atomic E-state index is 2.48. The zero-order valence-corrected chi connectivity index (χ0v) is 30.7. The average molecular weight is 713 g/mol. The maximum Gasteiger partial charge on any atom is 0.0546 e. The molecule has 56 heavy (non-hydrogen) atoms. The minimum atomic E-state index is 1.09. The van der Waals surface area contributed by atoms with Crippen LogP contribution in [0.4, 0.5) is 17.1 Å². The van der Waals surface area contributed by atoms with Crippen molar-refractivity contribution in [1.29, 1.82) is 0 Å². The number of nitrogens with zero attached hydrogens (tertiary/aromatic N) is 2. The Labute approximate surface area is 325 Å². The monoisotopic (exact) mass is 712 g/mol. The summed E-state index contributed by atoms with van der Waals surface area (Å²) in [5.74, 6) is 0. The van der Waals surface area contributed by atoms with Gasteiger partial charge in [0.05, 0.1) is 22.4 Å². The van der Waals surface area contributed by atoms with E-state index in [2.05, 4.69) is 228 Å². The normalized spacial score (nSPS) is 11.6. The molecule has 11 rings (SSSR count). The first-order chi connectivity index (χ1) is 27.8. The number of anilines is 3. The molecule has 10 aromatic carbocycles. The number of para-hydroxylation sites is 2. The third-order valence-electron chi connectivity index (χ3n) is 11.4. The molecule has 0 bridgehead atoms. The fourth-order valence-corrected chi connectivity index (χ4v) is 8.81. The fraction of sp³-hybridized carbons (Fsp3) is 0. The van der Waals surface area contributed by atoms with Crippen molar-refractivity contribution >= 4 is 71.2 Å². The minimum Gasteiger partial charge on any atom is -0.309 e. The van der Waals surface area contributed by atoms with Gasteiger partial charge in [-0.05, 0) is 92.2 Å². The van der Waals surface area contributed by atoms with Crippen molar-refractivity contribution < 1.29 is 0 Å². The summed E-state index contributed by atoms with van der Waals surface area (Å²) in [7, 11) is 0. The number of hydrogen-bond donors (Lipinski definition) is 0. The van der Waals surface area contributed by atoms with Crippen molar-refractivity contribution in [1.82, 2.24) is 4.57 Å². The molecule has 2 nitrogen and oxygen atoms in total. The number of benzene rings is 10. The standard InChI is InChI=1S/C54H36N2/c1-4-20-43-37(14-1)17-11-25-45(43)40-30-35-50(47-26-12-18-38-15-2-5-21-44(38)47)54(36-40)56(51-29-13-19-39-16-3-6-22-46(39)51)42-33-31-41(32-34-42)55-52-27-9-7-23-48(52)49-24-8-10-28-53(49)55/h1-36H. The van der Waals surface area contributed by atoms with Crippen molar-refractivity contribution in [3.8, 4) is 27.9 Å². The second-order valence-corrected chi connectivity index (χ2v) is 14.5. The number of aromatic nitrogens is 1. The molecular weight excluding hydrogens is 677 g/mol. The highest BCUT2D eigenvalue weighted by atomic mass is 15.1. The van der Waals surface area contributed by atoms with Gasteiger partial charge in [-0.25, -0.2) is 0 Å². The molecule has 2 heteroatoms. The molecule has 0 N–H and O–H groups in total. The van der Waals surface area contributed by atoms with E-state index in [9.17, 15) is 0 Å². The van der Waals surface area contributed by atoms with Crippen LogP contribution in [-0.2, 0) is 0 Å². The maximum absolute atomic E-state index is 2.48. The van der Waals surface area contributed by atoms with Gasteiger partial charge in [0, 0.05) is 33.1 Å². The van der Waals surface area contributed by atoms with E-state index in [4.69, 9.17) is 0 Å². The lowest BCUT2D eigenvalue weighted by Gasteiger charge is -2.30. The largest absolute Gasteiger partial charge is 0.309 e. The number of fused-ring (bicyclic) bond motifs is 6. The zero-order valence-electron chi connectivity index (χ0n) is 30.7. The molecule has 0 unspecified atom stereocenters. The molecule has 11 aromatic rings. The van der Waals surface area contributed by atoms with Gasteiger partial charge >= 0.3 is 0 Å². The van der Waals surface area contributed by atoms with Gasteiger partial charge in [0.1, 0.15) is 0 Å². The summed E-state index contributed by atoms with van der Waals surface area (Å²) in [4.78, 5) is 2.48. The molecule has 0 radical (unpaired) electrons. The molecule has 262 valence electrons. The highest BCUT2D eigenvalue weighted by Gasteiger charge is 2.22. The quantitative estimate of drug-likeness (QED) is 0.167. The van der Waals surface area contributed by atoms with Gasteiger partial charge in [-0.1, -0.05) is 170 Å². The van der Waals surface area contributed by atoms with Crippen molar-refractivity contribution in [2.75, 3.05) is 4.90 Å². The first kappa shape index (κ1) is 32.0. The van der Waals surface area contributed by atoms with E-state index in [0.717, 1.165) is 22.7 Å². The molecular formula is C54H36N2. The molecule has 0 saturated carbocycles. The summed E-state index contributed by atoms with van der Waals surface area (Å²) >= 11 is 0. The molecule has 0 aliphatic heterocycles. The van der Waals surface area contributed by atoms with Crippen LogP contribution in [0.25, 0.3) is 82.1 Å². The summed E-state index contributed by atoms with van der Waals surface area (Å²) in [5, 5.41) is 9.84. The summed E-state index contributed by atoms with van der Waals surface area (Å²) in [6.07, 6.45) is 0. The van der Waals surface area contributed by atoms with E-state index in [1.165, 1.54) is 76.4 Å². The Morgan fingerprint density at radius 3 is 1.43 bits per heavy atom. The van der Waals surface area contributed by atoms with E-state index >= 15 is 0 Å². The molecule has 0 fully saturated rings. The predicted octanol–water partition coefficient (Wildman–Crippen LogP) is 15.0. The van der Waals surface area contributed by atoms with Gasteiger partial charge in [-0.3, -0.25) is 0 Å². The van der Waals surface area contributed by atoms with Crippen LogP contribution in [0.5, 0.6) is 0 Å². The molecule has 1 heterocycles. The Morgan fingerprint density at radius 2 is 0.786 bits per heavy atom. The Morgan fingerprint density at radius 1 is 0.304 bits per heavy atom. The van der Waals surface area contributed by atoms with Crippen LogP contribution in [0.2, 0.25) is 0 Å². The topological polar surface area (TPSA) is 8.17 Å². The van der Waals surface area contributed by atoms with E-state index in [1.807, 2.05) is 0 Å². The zero-order chi connectivity index (χ0) is 37.0. The van der Waals surface area contributed by atoms with E-state index < -0.39 is 0 Å². The van der Waals surface area contributed by atoms with Gasteiger partial charge in [-0.15, -0.1) is 0 Å². The van der Waals surface area contributed by atoms with E-state index in [1.54, 1.807) is 0 Å². The Balaban J connectivity index is 1.19. The summed E-state index contributed by atoms with van der Waals surface area (Å²) < 4.78 is 2.39. The number of rotatable bonds is 6.